The first kappa shape index (κ1) is 12.3. The molecular weight excluding hydrogens is 245 g/mol. The van der Waals surface area contributed by atoms with E-state index >= 15 is 0 Å². The SMILES string of the molecule is Oc1c[c]ccc1-c1cccc(OC(F)(F)F)c1. The third-order valence-corrected chi connectivity index (χ3v) is 2.22. The van der Waals surface area contributed by atoms with Crippen molar-refractivity contribution in [2.75, 3.05) is 0 Å². The summed E-state index contributed by atoms with van der Waals surface area (Å²) in [5, 5.41) is 9.59. The minimum absolute atomic E-state index is 0.0540. The summed E-state index contributed by atoms with van der Waals surface area (Å²) in [7, 11) is 0. The monoisotopic (exact) mass is 253 g/mol. The highest BCUT2D eigenvalue weighted by Gasteiger charge is 2.31. The van der Waals surface area contributed by atoms with E-state index in [9.17, 15) is 18.3 Å². The minimum atomic E-state index is -4.73. The second-order valence-corrected chi connectivity index (χ2v) is 3.52. The van der Waals surface area contributed by atoms with Crippen molar-refractivity contribution in [3.63, 3.8) is 0 Å². The van der Waals surface area contributed by atoms with Crippen LogP contribution in [0.3, 0.4) is 0 Å². The third-order valence-electron chi connectivity index (χ3n) is 2.22. The van der Waals surface area contributed by atoms with Gasteiger partial charge in [0.25, 0.3) is 0 Å². The molecule has 0 spiro atoms. The minimum Gasteiger partial charge on any atom is -0.507 e. The lowest BCUT2D eigenvalue weighted by Crippen LogP contribution is -2.17. The number of benzene rings is 2. The average Bonchev–Trinajstić information content (AvgIpc) is 2.27. The van der Waals surface area contributed by atoms with Gasteiger partial charge in [-0.3, -0.25) is 0 Å². The molecule has 2 rings (SSSR count). The van der Waals surface area contributed by atoms with E-state index in [-0.39, 0.29) is 11.5 Å². The lowest BCUT2D eigenvalue weighted by molar-refractivity contribution is -0.274. The second-order valence-electron chi connectivity index (χ2n) is 3.52. The van der Waals surface area contributed by atoms with Gasteiger partial charge in [0.05, 0.1) is 0 Å². The quantitative estimate of drug-likeness (QED) is 0.883. The Hall–Kier alpha value is -2.17. The third kappa shape index (κ3) is 2.94. The Kier molecular flexibility index (Phi) is 3.14. The van der Waals surface area contributed by atoms with E-state index in [1.165, 1.54) is 24.3 Å². The molecule has 0 atom stereocenters. The molecule has 0 aliphatic rings. The van der Waals surface area contributed by atoms with Crippen molar-refractivity contribution in [3.05, 3.63) is 48.5 Å². The summed E-state index contributed by atoms with van der Waals surface area (Å²) in [4.78, 5) is 0. The van der Waals surface area contributed by atoms with Crippen molar-refractivity contribution < 1.29 is 23.0 Å². The maximum atomic E-state index is 12.1. The number of ether oxygens (including phenoxy) is 1. The lowest BCUT2D eigenvalue weighted by Gasteiger charge is -2.10. The molecule has 5 heteroatoms. The summed E-state index contributed by atoms with van der Waals surface area (Å²) in [5.41, 5.74) is 0.852. The van der Waals surface area contributed by atoms with E-state index in [0.29, 0.717) is 11.1 Å². The average molecular weight is 253 g/mol. The molecule has 1 N–H and O–H groups in total. The molecule has 0 saturated carbocycles. The molecule has 2 aromatic carbocycles. The van der Waals surface area contributed by atoms with Crippen LogP contribution in [0.2, 0.25) is 0 Å². The van der Waals surface area contributed by atoms with Gasteiger partial charge < -0.3 is 9.84 Å². The number of aromatic hydroxyl groups is 1. The number of rotatable bonds is 2. The molecular formula is C13H8F3O2. The van der Waals surface area contributed by atoms with Gasteiger partial charge in [0.2, 0.25) is 0 Å². The topological polar surface area (TPSA) is 29.5 Å². The summed E-state index contributed by atoms with van der Waals surface area (Å²) in [5.74, 6) is -0.381. The van der Waals surface area contributed by atoms with Crippen LogP contribution in [0.4, 0.5) is 13.2 Å². The standard InChI is InChI=1S/C13H8F3O2/c14-13(15,16)18-10-5-3-4-9(8-10)11-6-1-2-7-12(11)17/h1,3-8,17H. The van der Waals surface area contributed by atoms with Crippen LogP contribution in [0.15, 0.2) is 42.5 Å². The molecule has 93 valence electrons. The first-order valence-corrected chi connectivity index (χ1v) is 5.01. The largest absolute Gasteiger partial charge is 0.573 e. The Morgan fingerprint density at radius 1 is 1.17 bits per heavy atom. The molecule has 0 saturated heterocycles. The van der Waals surface area contributed by atoms with E-state index in [0.717, 1.165) is 0 Å². The van der Waals surface area contributed by atoms with Crippen LogP contribution in [0, 0.1) is 6.07 Å². The predicted molar refractivity (Wildman–Crippen MR) is 59.1 cm³/mol. The van der Waals surface area contributed by atoms with Gasteiger partial charge in [-0.1, -0.05) is 24.3 Å². The zero-order valence-corrected chi connectivity index (χ0v) is 9.03. The van der Waals surface area contributed by atoms with Crippen LogP contribution < -0.4 is 4.74 Å². The Labute approximate surface area is 101 Å². The van der Waals surface area contributed by atoms with E-state index < -0.39 is 6.36 Å². The first-order chi connectivity index (χ1) is 8.46. The molecule has 0 amide bonds. The predicted octanol–water partition coefficient (Wildman–Crippen LogP) is 3.76. The number of phenols is 1. The molecule has 0 aromatic heterocycles. The van der Waals surface area contributed by atoms with E-state index in [1.54, 1.807) is 18.2 Å². The molecule has 2 aromatic rings. The zero-order valence-electron chi connectivity index (χ0n) is 9.03. The highest BCUT2D eigenvalue weighted by Crippen LogP contribution is 2.32. The zero-order chi connectivity index (χ0) is 13.2. The van der Waals surface area contributed by atoms with Gasteiger partial charge in [-0.2, -0.15) is 0 Å². The Balaban J connectivity index is 2.36. The number of hydrogen-bond donors (Lipinski definition) is 1. The summed E-state index contributed by atoms with van der Waals surface area (Å²) in [6, 6.07) is 12.5. The van der Waals surface area contributed by atoms with Crippen LogP contribution in [0.5, 0.6) is 11.5 Å². The number of hydrogen-bond acceptors (Lipinski definition) is 2. The summed E-state index contributed by atoms with van der Waals surface area (Å²) < 4.78 is 40.0. The highest BCUT2D eigenvalue weighted by molar-refractivity contribution is 5.70. The van der Waals surface area contributed by atoms with Crippen LogP contribution in [0.1, 0.15) is 0 Å². The molecule has 0 unspecified atom stereocenters. The molecule has 18 heavy (non-hydrogen) atoms. The fraction of sp³-hybridized carbons (Fsp3) is 0.0769. The number of alkyl halides is 3. The van der Waals surface area contributed by atoms with Crippen molar-refractivity contribution >= 4 is 0 Å². The molecule has 2 nitrogen and oxygen atoms in total. The summed E-state index contributed by atoms with van der Waals surface area (Å²) >= 11 is 0. The maximum absolute atomic E-state index is 12.1. The number of halogens is 3. The smallest absolute Gasteiger partial charge is 0.507 e. The van der Waals surface area contributed by atoms with Crippen molar-refractivity contribution in [2.45, 2.75) is 6.36 Å². The van der Waals surface area contributed by atoms with Crippen molar-refractivity contribution in [2.24, 2.45) is 0 Å². The van der Waals surface area contributed by atoms with Gasteiger partial charge in [0, 0.05) is 5.56 Å². The van der Waals surface area contributed by atoms with Crippen molar-refractivity contribution in [1.82, 2.24) is 0 Å². The van der Waals surface area contributed by atoms with E-state index in [1.807, 2.05) is 0 Å². The summed E-state index contributed by atoms with van der Waals surface area (Å²) in [6.45, 7) is 0. The molecule has 0 heterocycles. The van der Waals surface area contributed by atoms with Crippen LogP contribution in [-0.4, -0.2) is 11.5 Å². The molecule has 0 bridgehead atoms. The Morgan fingerprint density at radius 2 is 1.94 bits per heavy atom. The van der Waals surface area contributed by atoms with Gasteiger partial charge in [0.1, 0.15) is 11.5 Å². The van der Waals surface area contributed by atoms with E-state index in [4.69, 9.17) is 0 Å². The Bertz CT molecular complexity index is 550. The molecule has 0 aliphatic carbocycles. The second kappa shape index (κ2) is 4.60. The maximum Gasteiger partial charge on any atom is 0.573 e. The lowest BCUT2D eigenvalue weighted by atomic mass is 10.0. The molecule has 0 aliphatic heterocycles. The molecule has 0 fully saturated rings. The van der Waals surface area contributed by atoms with Crippen LogP contribution in [-0.2, 0) is 0 Å². The first-order valence-electron chi connectivity index (χ1n) is 5.01. The fourth-order valence-electron chi connectivity index (χ4n) is 1.53. The molecule has 1 radical (unpaired) electrons. The van der Waals surface area contributed by atoms with Crippen molar-refractivity contribution in [1.29, 1.82) is 0 Å². The van der Waals surface area contributed by atoms with Gasteiger partial charge in [0.15, 0.2) is 0 Å². The highest BCUT2D eigenvalue weighted by atomic mass is 19.4. The van der Waals surface area contributed by atoms with Gasteiger partial charge in [-0.25, -0.2) is 0 Å². The van der Waals surface area contributed by atoms with Crippen molar-refractivity contribution in [3.8, 4) is 22.6 Å². The fourth-order valence-corrected chi connectivity index (χ4v) is 1.53. The summed E-state index contributed by atoms with van der Waals surface area (Å²) in [6.07, 6.45) is -4.73. The number of phenolic OH excluding ortho intramolecular Hbond substituents is 1. The van der Waals surface area contributed by atoms with Gasteiger partial charge in [-0.05, 0) is 29.8 Å². The van der Waals surface area contributed by atoms with Gasteiger partial charge in [-0.15, -0.1) is 13.2 Å². The normalized spacial score (nSPS) is 11.3. The van der Waals surface area contributed by atoms with Gasteiger partial charge >= 0.3 is 6.36 Å². The van der Waals surface area contributed by atoms with E-state index in [2.05, 4.69) is 10.8 Å². The van der Waals surface area contributed by atoms with Crippen LogP contribution >= 0.6 is 0 Å². The van der Waals surface area contributed by atoms with Crippen LogP contribution in [0.25, 0.3) is 11.1 Å². The Morgan fingerprint density at radius 3 is 2.61 bits per heavy atom.